The van der Waals surface area contributed by atoms with Gasteiger partial charge in [-0.2, -0.15) is 0 Å². The molecule has 2 aromatic rings. The van der Waals surface area contributed by atoms with Gasteiger partial charge in [0, 0.05) is 37.4 Å². The highest BCUT2D eigenvalue weighted by Crippen LogP contribution is 2.35. The molecule has 1 N–H and O–H groups in total. The van der Waals surface area contributed by atoms with E-state index in [0.717, 1.165) is 37.1 Å². The molecule has 2 heterocycles. The van der Waals surface area contributed by atoms with Gasteiger partial charge >= 0.3 is 0 Å². The van der Waals surface area contributed by atoms with Crippen LogP contribution in [-0.2, 0) is 21.4 Å². The third kappa shape index (κ3) is 3.63. The molecule has 0 spiro atoms. The molecule has 4 nitrogen and oxygen atoms in total. The van der Waals surface area contributed by atoms with Gasteiger partial charge in [-0.3, -0.25) is 4.79 Å². The summed E-state index contributed by atoms with van der Waals surface area (Å²) in [6, 6.07) is 14.7. The predicted octanol–water partition coefficient (Wildman–Crippen LogP) is 3.44. The van der Waals surface area contributed by atoms with E-state index in [9.17, 15) is 9.18 Å². The van der Waals surface area contributed by atoms with E-state index >= 15 is 0 Å². The number of carbonyl (C=O) groups is 1. The molecule has 2 aliphatic heterocycles. The molecule has 0 aliphatic carbocycles. The third-order valence-corrected chi connectivity index (χ3v) is 6.28. The molecule has 1 fully saturated rings. The first-order valence-electron chi connectivity index (χ1n) is 10.1. The summed E-state index contributed by atoms with van der Waals surface area (Å²) in [7, 11) is 0. The van der Waals surface area contributed by atoms with Crippen LogP contribution >= 0.6 is 0 Å². The highest BCUT2D eigenvalue weighted by molar-refractivity contribution is 5.85. The zero-order chi connectivity index (χ0) is 19.6. The smallest absolute Gasteiger partial charge is 0.242 e. The van der Waals surface area contributed by atoms with Crippen LogP contribution in [0.5, 0.6) is 0 Å². The topological polar surface area (TPSA) is 41.6 Å². The molecule has 5 heteroatoms. The van der Waals surface area contributed by atoms with Crippen LogP contribution in [0.2, 0.25) is 0 Å². The molecule has 1 saturated heterocycles. The van der Waals surface area contributed by atoms with Gasteiger partial charge in [0.2, 0.25) is 5.91 Å². The Balaban J connectivity index is 1.47. The molecule has 0 aromatic heterocycles. The van der Waals surface area contributed by atoms with Crippen LogP contribution in [-0.4, -0.2) is 38.3 Å². The number of fused-ring (bicyclic) bond motifs is 1. The fourth-order valence-electron chi connectivity index (χ4n) is 4.44. The Hall–Kier alpha value is -2.40. The SMILES string of the molecule is CC(C(=O)NCC1(c2ccc(F)cc2)CCOCC1)N1CCc2ccccc21. The highest BCUT2D eigenvalue weighted by atomic mass is 19.1. The van der Waals surface area contributed by atoms with Crippen molar-refractivity contribution in [3.05, 3.63) is 65.5 Å². The Bertz CT molecular complexity index is 831. The van der Waals surface area contributed by atoms with Crippen molar-refractivity contribution in [2.75, 3.05) is 31.2 Å². The van der Waals surface area contributed by atoms with E-state index in [1.807, 2.05) is 31.2 Å². The average molecular weight is 382 g/mol. The molecule has 4 rings (SSSR count). The van der Waals surface area contributed by atoms with E-state index in [0.29, 0.717) is 19.8 Å². The lowest BCUT2D eigenvalue weighted by Gasteiger charge is -2.38. The van der Waals surface area contributed by atoms with Gasteiger partial charge in [0.1, 0.15) is 11.9 Å². The number of hydrogen-bond acceptors (Lipinski definition) is 3. The maximum absolute atomic E-state index is 13.4. The summed E-state index contributed by atoms with van der Waals surface area (Å²) in [5.74, 6) is -0.207. The molecule has 28 heavy (non-hydrogen) atoms. The predicted molar refractivity (Wildman–Crippen MR) is 108 cm³/mol. The molecule has 1 atom stereocenters. The summed E-state index contributed by atoms with van der Waals surface area (Å²) in [6.07, 6.45) is 2.62. The van der Waals surface area contributed by atoms with Gasteiger partial charge in [0.15, 0.2) is 0 Å². The summed E-state index contributed by atoms with van der Waals surface area (Å²) in [4.78, 5) is 15.1. The van der Waals surface area contributed by atoms with Crippen LogP contribution in [0, 0.1) is 5.82 Å². The number of rotatable bonds is 5. The molecule has 2 aliphatic rings. The van der Waals surface area contributed by atoms with Gasteiger partial charge in [-0.1, -0.05) is 30.3 Å². The number of hydrogen-bond donors (Lipinski definition) is 1. The minimum absolute atomic E-state index is 0.0321. The van der Waals surface area contributed by atoms with Crippen LogP contribution < -0.4 is 10.2 Å². The van der Waals surface area contributed by atoms with Gasteiger partial charge in [-0.05, 0) is 55.5 Å². The molecule has 0 saturated carbocycles. The van der Waals surface area contributed by atoms with Crippen molar-refractivity contribution >= 4 is 11.6 Å². The molecule has 0 radical (unpaired) electrons. The van der Waals surface area contributed by atoms with Gasteiger partial charge < -0.3 is 15.0 Å². The van der Waals surface area contributed by atoms with E-state index in [-0.39, 0.29) is 23.2 Å². The number of nitrogens with zero attached hydrogens (tertiary/aromatic N) is 1. The van der Waals surface area contributed by atoms with E-state index < -0.39 is 0 Å². The molecule has 0 bridgehead atoms. The van der Waals surface area contributed by atoms with Gasteiger partial charge in [0.25, 0.3) is 0 Å². The Morgan fingerprint density at radius 3 is 2.64 bits per heavy atom. The maximum Gasteiger partial charge on any atom is 0.242 e. The first-order valence-corrected chi connectivity index (χ1v) is 10.1. The number of anilines is 1. The zero-order valence-corrected chi connectivity index (χ0v) is 16.3. The maximum atomic E-state index is 13.4. The Kier molecular flexibility index (Phi) is 5.36. The first-order chi connectivity index (χ1) is 13.6. The lowest BCUT2D eigenvalue weighted by molar-refractivity contribution is -0.122. The van der Waals surface area contributed by atoms with E-state index in [1.165, 1.54) is 17.7 Å². The molecule has 1 amide bonds. The second-order valence-electron chi connectivity index (χ2n) is 7.87. The van der Waals surface area contributed by atoms with E-state index in [4.69, 9.17) is 4.74 Å². The van der Waals surface area contributed by atoms with Crippen molar-refractivity contribution in [2.24, 2.45) is 0 Å². The largest absolute Gasteiger partial charge is 0.381 e. The monoisotopic (exact) mass is 382 g/mol. The molecule has 2 aromatic carbocycles. The lowest BCUT2D eigenvalue weighted by Crippen LogP contribution is -2.50. The molecule has 1 unspecified atom stereocenters. The van der Waals surface area contributed by atoms with Crippen LogP contribution in [0.4, 0.5) is 10.1 Å². The van der Waals surface area contributed by atoms with Crippen LogP contribution in [0.25, 0.3) is 0 Å². The van der Waals surface area contributed by atoms with Crippen molar-refractivity contribution in [3.8, 4) is 0 Å². The van der Waals surface area contributed by atoms with Crippen molar-refractivity contribution in [3.63, 3.8) is 0 Å². The normalized spacial score (nSPS) is 19.1. The Morgan fingerprint density at radius 1 is 1.18 bits per heavy atom. The van der Waals surface area contributed by atoms with Gasteiger partial charge in [0.05, 0.1) is 0 Å². The lowest BCUT2D eigenvalue weighted by atomic mass is 9.74. The summed E-state index contributed by atoms with van der Waals surface area (Å²) in [5, 5.41) is 3.18. The highest BCUT2D eigenvalue weighted by Gasteiger charge is 2.36. The number of halogens is 1. The third-order valence-electron chi connectivity index (χ3n) is 6.28. The second-order valence-corrected chi connectivity index (χ2v) is 7.87. The van der Waals surface area contributed by atoms with Crippen LogP contribution in [0.15, 0.2) is 48.5 Å². The van der Waals surface area contributed by atoms with E-state index in [2.05, 4.69) is 22.3 Å². The summed E-state index contributed by atoms with van der Waals surface area (Å²) >= 11 is 0. The molecular weight excluding hydrogens is 355 g/mol. The van der Waals surface area contributed by atoms with Crippen molar-refractivity contribution < 1.29 is 13.9 Å². The fourth-order valence-corrected chi connectivity index (χ4v) is 4.44. The van der Waals surface area contributed by atoms with E-state index in [1.54, 1.807) is 0 Å². The molecule has 148 valence electrons. The number of nitrogens with one attached hydrogen (secondary N) is 1. The average Bonchev–Trinajstić information content (AvgIpc) is 3.17. The van der Waals surface area contributed by atoms with Crippen LogP contribution in [0.1, 0.15) is 30.9 Å². The first kappa shape index (κ1) is 18.9. The summed E-state index contributed by atoms with van der Waals surface area (Å²) in [5.41, 5.74) is 3.32. The minimum Gasteiger partial charge on any atom is -0.381 e. The number of ether oxygens (including phenoxy) is 1. The standard InChI is InChI=1S/C23H27FN2O2/c1-17(26-13-10-18-4-2-3-5-21(18)26)22(27)25-16-23(11-14-28-15-12-23)19-6-8-20(24)9-7-19/h2-9,17H,10-16H2,1H3,(H,25,27). The summed E-state index contributed by atoms with van der Waals surface area (Å²) < 4.78 is 18.9. The zero-order valence-electron chi connectivity index (χ0n) is 16.3. The Labute approximate surface area is 165 Å². The number of para-hydroxylation sites is 1. The van der Waals surface area contributed by atoms with Crippen LogP contribution in [0.3, 0.4) is 0 Å². The molecular formula is C23H27FN2O2. The number of benzene rings is 2. The van der Waals surface area contributed by atoms with Gasteiger partial charge in [-0.25, -0.2) is 4.39 Å². The quantitative estimate of drug-likeness (QED) is 0.861. The number of carbonyl (C=O) groups excluding carboxylic acids is 1. The number of amides is 1. The van der Waals surface area contributed by atoms with Crippen molar-refractivity contribution in [2.45, 2.75) is 37.6 Å². The Morgan fingerprint density at radius 2 is 1.89 bits per heavy atom. The van der Waals surface area contributed by atoms with Gasteiger partial charge in [-0.15, -0.1) is 0 Å². The van der Waals surface area contributed by atoms with Crippen molar-refractivity contribution in [1.29, 1.82) is 0 Å². The fraction of sp³-hybridized carbons (Fsp3) is 0.435. The summed E-state index contributed by atoms with van der Waals surface area (Å²) in [6.45, 7) is 4.68. The minimum atomic E-state index is -0.240. The van der Waals surface area contributed by atoms with Crippen molar-refractivity contribution in [1.82, 2.24) is 5.32 Å². The second kappa shape index (κ2) is 7.92.